The molecule has 1 saturated heterocycles. The highest BCUT2D eigenvalue weighted by molar-refractivity contribution is 8.15. The van der Waals surface area contributed by atoms with E-state index in [1.807, 2.05) is 19.1 Å². The monoisotopic (exact) mass is 254 g/mol. The van der Waals surface area contributed by atoms with Crippen molar-refractivity contribution >= 4 is 40.1 Å². The molecule has 0 radical (unpaired) electrons. The van der Waals surface area contributed by atoms with Crippen LogP contribution in [-0.2, 0) is 4.79 Å². The summed E-state index contributed by atoms with van der Waals surface area (Å²) in [6, 6.07) is 5.62. The molecule has 0 saturated carbocycles. The number of carbonyl (C=O) groups excluding carboxylic acids is 1. The summed E-state index contributed by atoms with van der Waals surface area (Å²) in [4.78, 5) is 17.3. The van der Waals surface area contributed by atoms with E-state index in [1.165, 1.54) is 11.8 Å². The van der Waals surface area contributed by atoms with Gasteiger partial charge in [-0.2, -0.15) is 0 Å². The summed E-state index contributed by atoms with van der Waals surface area (Å²) in [7, 11) is 1.73. The third-order valence-electron chi connectivity index (χ3n) is 2.37. The zero-order valence-corrected chi connectivity index (χ0v) is 10.6. The average Bonchev–Trinajstić information content (AvgIpc) is 2.55. The van der Waals surface area contributed by atoms with Crippen LogP contribution in [0.3, 0.4) is 0 Å². The first-order valence-corrected chi connectivity index (χ1v) is 6.18. The number of nitrogens with zero attached hydrogens (tertiary/aromatic N) is 2. The van der Waals surface area contributed by atoms with Crippen molar-refractivity contribution in [2.24, 2.45) is 4.99 Å². The summed E-state index contributed by atoms with van der Waals surface area (Å²) < 4.78 is 0. The topological polar surface area (TPSA) is 32.7 Å². The lowest BCUT2D eigenvalue weighted by Gasteiger charge is -2.08. The van der Waals surface area contributed by atoms with E-state index in [-0.39, 0.29) is 5.91 Å². The second kappa shape index (κ2) is 4.47. The smallest absolute Gasteiger partial charge is 0.238 e. The molecule has 0 aliphatic carbocycles. The number of halogens is 1. The van der Waals surface area contributed by atoms with Gasteiger partial charge in [0.2, 0.25) is 5.91 Å². The molecule has 1 aromatic carbocycles. The predicted molar refractivity (Wildman–Crippen MR) is 68.5 cm³/mol. The SMILES string of the molecule is Cc1ccc(N=C2SCC(=O)N2C)cc1Cl. The van der Waals surface area contributed by atoms with Crippen LogP contribution < -0.4 is 0 Å². The molecule has 84 valence electrons. The quantitative estimate of drug-likeness (QED) is 0.772. The molecule has 0 atom stereocenters. The minimum Gasteiger partial charge on any atom is -0.294 e. The van der Waals surface area contributed by atoms with Crippen LogP contribution in [0.25, 0.3) is 0 Å². The lowest BCUT2D eigenvalue weighted by Crippen LogP contribution is -2.24. The largest absolute Gasteiger partial charge is 0.294 e. The number of thioether (sulfide) groups is 1. The summed E-state index contributed by atoms with van der Waals surface area (Å²) in [5, 5.41) is 1.42. The van der Waals surface area contributed by atoms with Crippen LogP contribution in [0.1, 0.15) is 5.56 Å². The molecular weight excluding hydrogens is 244 g/mol. The normalized spacial score (nSPS) is 18.6. The Labute approximate surface area is 103 Å². The number of aliphatic imine (C=N–C) groups is 1. The van der Waals surface area contributed by atoms with Crippen molar-refractivity contribution in [3.63, 3.8) is 0 Å². The Kier molecular flexibility index (Phi) is 3.21. The fourth-order valence-electron chi connectivity index (χ4n) is 1.30. The number of hydrogen-bond acceptors (Lipinski definition) is 3. The first-order chi connectivity index (χ1) is 7.58. The van der Waals surface area contributed by atoms with Gasteiger partial charge in [-0.3, -0.25) is 9.69 Å². The number of amides is 1. The molecule has 1 heterocycles. The number of hydrogen-bond donors (Lipinski definition) is 0. The number of aryl methyl sites for hydroxylation is 1. The third-order valence-corrected chi connectivity index (χ3v) is 3.79. The van der Waals surface area contributed by atoms with Crippen molar-refractivity contribution in [2.45, 2.75) is 6.92 Å². The van der Waals surface area contributed by atoms with Gasteiger partial charge in [-0.25, -0.2) is 4.99 Å². The fraction of sp³-hybridized carbons (Fsp3) is 0.273. The van der Waals surface area contributed by atoms with E-state index >= 15 is 0 Å². The van der Waals surface area contributed by atoms with E-state index in [0.29, 0.717) is 10.8 Å². The zero-order chi connectivity index (χ0) is 11.7. The van der Waals surface area contributed by atoms with Crippen LogP contribution in [0.5, 0.6) is 0 Å². The maximum atomic E-state index is 11.3. The van der Waals surface area contributed by atoms with Crippen molar-refractivity contribution < 1.29 is 4.79 Å². The van der Waals surface area contributed by atoms with E-state index in [9.17, 15) is 4.79 Å². The van der Waals surface area contributed by atoms with Crippen LogP contribution in [-0.4, -0.2) is 28.8 Å². The Bertz CT molecular complexity index is 473. The zero-order valence-electron chi connectivity index (χ0n) is 9.03. The summed E-state index contributed by atoms with van der Waals surface area (Å²) >= 11 is 7.45. The van der Waals surface area contributed by atoms with Crippen molar-refractivity contribution in [3.8, 4) is 0 Å². The van der Waals surface area contributed by atoms with Gasteiger partial charge in [0.05, 0.1) is 11.4 Å². The first kappa shape index (κ1) is 11.5. The minimum absolute atomic E-state index is 0.0851. The molecule has 2 rings (SSSR count). The lowest BCUT2D eigenvalue weighted by molar-refractivity contribution is -0.123. The van der Waals surface area contributed by atoms with Gasteiger partial charge in [0.25, 0.3) is 0 Å². The van der Waals surface area contributed by atoms with E-state index < -0.39 is 0 Å². The van der Waals surface area contributed by atoms with E-state index in [0.717, 1.165) is 16.4 Å². The molecule has 0 spiro atoms. The van der Waals surface area contributed by atoms with Crippen LogP contribution >= 0.6 is 23.4 Å². The molecule has 0 aromatic heterocycles. The van der Waals surface area contributed by atoms with Gasteiger partial charge in [-0.15, -0.1) is 0 Å². The summed E-state index contributed by atoms with van der Waals surface area (Å²) in [6.45, 7) is 1.94. The van der Waals surface area contributed by atoms with Crippen LogP contribution in [0.15, 0.2) is 23.2 Å². The number of carbonyl (C=O) groups is 1. The first-order valence-electron chi connectivity index (χ1n) is 4.82. The molecule has 1 fully saturated rings. The van der Waals surface area contributed by atoms with Crippen molar-refractivity contribution in [3.05, 3.63) is 28.8 Å². The Morgan fingerprint density at radius 3 is 2.81 bits per heavy atom. The maximum absolute atomic E-state index is 11.3. The van der Waals surface area contributed by atoms with Crippen molar-refractivity contribution in [1.29, 1.82) is 0 Å². The highest BCUT2D eigenvalue weighted by Gasteiger charge is 2.24. The van der Waals surface area contributed by atoms with E-state index in [2.05, 4.69) is 4.99 Å². The van der Waals surface area contributed by atoms with E-state index in [4.69, 9.17) is 11.6 Å². The number of benzene rings is 1. The summed E-state index contributed by atoms with van der Waals surface area (Å²) in [6.07, 6.45) is 0. The minimum atomic E-state index is 0.0851. The number of rotatable bonds is 1. The Morgan fingerprint density at radius 1 is 1.50 bits per heavy atom. The predicted octanol–water partition coefficient (Wildman–Crippen LogP) is 2.84. The standard InChI is InChI=1S/C11H11ClN2OS/c1-7-3-4-8(5-9(7)12)13-11-14(2)10(15)6-16-11/h3-5H,6H2,1-2H3. The van der Waals surface area contributed by atoms with Gasteiger partial charge in [0.1, 0.15) is 0 Å². The summed E-state index contributed by atoms with van der Waals surface area (Å²) in [5.74, 6) is 0.552. The molecule has 1 aliphatic heterocycles. The Balaban J connectivity index is 2.29. The lowest BCUT2D eigenvalue weighted by atomic mass is 10.2. The molecule has 5 heteroatoms. The van der Waals surface area contributed by atoms with Crippen molar-refractivity contribution in [1.82, 2.24) is 4.90 Å². The second-order valence-electron chi connectivity index (χ2n) is 3.57. The third kappa shape index (κ3) is 2.23. The second-order valence-corrected chi connectivity index (χ2v) is 4.92. The summed E-state index contributed by atoms with van der Waals surface area (Å²) in [5.41, 5.74) is 1.80. The van der Waals surface area contributed by atoms with Crippen LogP contribution in [0.4, 0.5) is 5.69 Å². The van der Waals surface area contributed by atoms with Gasteiger partial charge < -0.3 is 0 Å². The van der Waals surface area contributed by atoms with Gasteiger partial charge in [-0.05, 0) is 24.6 Å². The Morgan fingerprint density at radius 2 is 2.25 bits per heavy atom. The van der Waals surface area contributed by atoms with E-state index in [1.54, 1.807) is 18.0 Å². The van der Waals surface area contributed by atoms with Gasteiger partial charge in [-0.1, -0.05) is 29.4 Å². The van der Waals surface area contributed by atoms with Gasteiger partial charge >= 0.3 is 0 Å². The highest BCUT2D eigenvalue weighted by atomic mass is 35.5. The molecule has 1 aromatic rings. The van der Waals surface area contributed by atoms with Gasteiger partial charge in [0.15, 0.2) is 5.17 Å². The molecule has 16 heavy (non-hydrogen) atoms. The average molecular weight is 255 g/mol. The van der Waals surface area contributed by atoms with Crippen LogP contribution in [0, 0.1) is 6.92 Å². The molecule has 1 aliphatic rings. The molecule has 0 bridgehead atoms. The molecular formula is C11H11ClN2OS. The number of amidine groups is 1. The molecule has 0 N–H and O–H groups in total. The highest BCUT2D eigenvalue weighted by Crippen LogP contribution is 2.26. The van der Waals surface area contributed by atoms with Crippen molar-refractivity contribution in [2.75, 3.05) is 12.8 Å². The molecule has 1 amide bonds. The maximum Gasteiger partial charge on any atom is 0.238 e. The Hall–Kier alpha value is -1.00. The fourth-order valence-corrected chi connectivity index (χ4v) is 2.38. The molecule has 0 unspecified atom stereocenters. The van der Waals surface area contributed by atoms with Gasteiger partial charge in [0, 0.05) is 12.1 Å². The molecule has 3 nitrogen and oxygen atoms in total. The van der Waals surface area contributed by atoms with Crippen LogP contribution in [0.2, 0.25) is 5.02 Å².